The molecule has 0 spiro atoms. The van der Waals surface area contributed by atoms with Gasteiger partial charge in [0, 0.05) is 30.9 Å². The number of methoxy groups -OCH3 is 1. The summed E-state index contributed by atoms with van der Waals surface area (Å²) in [5.74, 6) is 0.891. The van der Waals surface area contributed by atoms with Gasteiger partial charge in [0.15, 0.2) is 0 Å². The molecule has 1 aromatic rings. The van der Waals surface area contributed by atoms with Gasteiger partial charge in [0.1, 0.15) is 5.75 Å². The standard InChI is InChI=1S/C17H26N4O/c1-13-12-21(10-9-20-7-5-14(18)6-8-20)17-11-15(22-2)3-4-16(17)19-13/h3-4,11,14H,5-10,12,18H2,1-2H3. The summed E-state index contributed by atoms with van der Waals surface area (Å²) in [5, 5.41) is 0. The fourth-order valence-corrected chi connectivity index (χ4v) is 3.22. The van der Waals surface area contributed by atoms with E-state index in [0.717, 1.165) is 57.0 Å². The second-order valence-electron chi connectivity index (χ2n) is 6.30. The topological polar surface area (TPSA) is 54.1 Å². The number of piperidine rings is 1. The largest absolute Gasteiger partial charge is 0.497 e. The van der Waals surface area contributed by atoms with Crippen molar-refractivity contribution in [3.8, 4) is 5.75 Å². The minimum Gasteiger partial charge on any atom is -0.497 e. The summed E-state index contributed by atoms with van der Waals surface area (Å²) >= 11 is 0. The van der Waals surface area contributed by atoms with Crippen LogP contribution in [0.5, 0.6) is 5.75 Å². The molecule has 120 valence electrons. The molecule has 0 unspecified atom stereocenters. The number of rotatable bonds is 4. The quantitative estimate of drug-likeness (QED) is 0.924. The third-order valence-corrected chi connectivity index (χ3v) is 4.57. The van der Waals surface area contributed by atoms with Crippen molar-refractivity contribution in [2.45, 2.75) is 25.8 Å². The highest BCUT2D eigenvalue weighted by Crippen LogP contribution is 2.35. The maximum absolute atomic E-state index is 5.98. The van der Waals surface area contributed by atoms with Gasteiger partial charge in [0.05, 0.1) is 25.0 Å². The van der Waals surface area contributed by atoms with Gasteiger partial charge in [-0.3, -0.25) is 4.99 Å². The zero-order chi connectivity index (χ0) is 15.5. The Labute approximate surface area is 132 Å². The van der Waals surface area contributed by atoms with Crippen LogP contribution in [0.25, 0.3) is 0 Å². The van der Waals surface area contributed by atoms with Crippen molar-refractivity contribution >= 4 is 17.1 Å². The Morgan fingerprint density at radius 1 is 1.27 bits per heavy atom. The van der Waals surface area contributed by atoms with Gasteiger partial charge in [-0.2, -0.15) is 0 Å². The lowest BCUT2D eigenvalue weighted by Gasteiger charge is -2.34. The molecule has 0 aliphatic carbocycles. The first-order valence-corrected chi connectivity index (χ1v) is 8.11. The molecule has 22 heavy (non-hydrogen) atoms. The lowest BCUT2D eigenvalue weighted by atomic mass is 10.1. The summed E-state index contributed by atoms with van der Waals surface area (Å²) in [6.45, 7) is 7.33. The molecule has 0 aromatic heterocycles. The Hall–Kier alpha value is -1.59. The summed E-state index contributed by atoms with van der Waals surface area (Å²) < 4.78 is 5.36. The van der Waals surface area contributed by atoms with E-state index < -0.39 is 0 Å². The number of hydrogen-bond donors (Lipinski definition) is 1. The molecule has 0 amide bonds. The smallest absolute Gasteiger partial charge is 0.121 e. The molecule has 0 bridgehead atoms. The number of fused-ring (bicyclic) bond motifs is 1. The first-order valence-electron chi connectivity index (χ1n) is 8.11. The van der Waals surface area contributed by atoms with Gasteiger partial charge in [0.2, 0.25) is 0 Å². The van der Waals surface area contributed by atoms with Gasteiger partial charge in [-0.25, -0.2) is 0 Å². The second kappa shape index (κ2) is 6.67. The van der Waals surface area contributed by atoms with Crippen LogP contribution in [0.1, 0.15) is 19.8 Å². The van der Waals surface area contributed by atoms with E-state index in [2.05, 4.69) is 27.8 Å². The molecule has 1 fully saturated rings. The van der Waals surface area contributed by atoms with Crippen LogP contribution in [0.15, 0.2) is 23.2 Å². The number of anilines is 1. The molecule has 0 atom stereocenters. The van der Waals surface area contributed by atoms with E-state index in [1.807, 2.05) is 12.1 Å². The van der Waals surface area contributed by atoms with E-state index in [1.54, 1.807) is 7.11 Å². The average Bonchev–Trinajstić information content (AvgIpc) is 2.53. The lowest BCUT2D eigenvalue weighted by Crippen LogP contribution is -2.44. The van der Waals surface area contributed by atoms with Crippen LogP contribution < -0.4 is 15.4 Å². The number of aliphatic imine (C=N–C) groups is 1. The van der Waals surface area contributed by atoms with E-state index in [0.29, 0.717) is 6.04 Å². The molecule has 3 rings (SSSR count). The van der Waals surface area contributed by atoms with Gasteiger partial charge < -0.3 is 20.3 Å². The Balaban J connectivity index is 1.68. The Morgan fingerprint density at radius 3 is 2.77 bits per heavy atom. The highest BCUT2D eigenvalue weighted by Gasteiger charge is 2.20. The molecule has 0 radical (unpaired) electrons. The molecule has 5 nitrogen and oxygen atoms in total. The van der Waals surface area contributed by atoms with Gasteiger partial charge >= 0.3 is 0 Å². The Kier molecular flexibility index (Phi) is 4.64. The minimum atomic E-state index is 0.394. The molecule has 1 aromatic carbocycles. The van der Waals surface area contributed by atoms with Gasteiger partial charge in [-0.15, -0.1) is 0 Å². The molecule has 5 heteroatoms. The van der Waals surface area contributed by atoms with Crippen molar-refractivity contribution in [1.82, 2.24) is 4.90 Å². The monoisotopic (exact) mass is 302 g/mol. The first kappa shape index (κ1) is 15.3. The normalized spacial score (nSPS) is 19.8. The fraction of sp³-hybridized carbons (Fsp3) is 0.588. The number of nitrogens with zero attached hydrogens (tertiary/aromatic N) is 3. The van der Waals surface area contributed by atoms with Crippen LogP contribution in [-0.4, -0.2) is 56.5 Å². The highest BCUT2D eigenvalue weighted by atomic mass is 16.5. The third-order valence-electron chi connectivity index (χ3n) is 4.57. The summed E-state index contributed by atoms with van der Waals surface area (Å²) in [6, 6.07) is 6.51. The molecule has 2 aliphatic rings. The van der Waals surface area contributed by atoms with E-state index in [-0.39, 0.29) is 0 Å². The first-order chi connectivity index (χ1) is 10.7. The van der Waals surface area contributed by atoms with Gasteiger partial charge in [0.25, 0.3) is 0 Å². The predicted molar refractivity (Wildman–Crippen MR) is 91.6 cm³/mol. The molecular weight excluding hydrogens is 276 g/mol. The van der Waals surface area contributed by atoms with Crippen molar-refractivity contribution < 1.29 is 4.74 Å². The van der Waals surface area contributed by atoms with Crippen LogP contribution in [0.3, 0.4) is 0 Å². The molecule has 2 heterocycles. The van der Waals surface area contributed by atoms with Crippen molar-refractivity contribution in [3.63, 3.8) is 0 Å². The fourth-order valence-electron chi connectivity index (χ4n) is 3.22. The minimum absolute atomic E-state index is 0.394. The third kappa shape index (κ3) is 3.42. The molecule has 2 N–H and O–H groups in total. The maximum Gasteiger partial charge on any atom is 0.121 e. The van der Waals surface area contributed by atoms with Gasteiger partial charge in [-0.05, 0) is 45.0 Å². The van der Waals surface area contributed by atoms with Crippen LogP contribution in [-0.2, 0) is 0 Å². The van der Waals surface area contributed by atoms with Crippen molar-refractivity contribution in [2.24, 2.45) is 10.7 Å². The van der Waals surface area contributed by atoms with Gasteiger partial charge in [-0.1, -0.05) is 0 Å². The number of likely N-dealkylation sites (tertiary alicyclic amines) is 1. The van der Waals surface area contributed by atoms with Crippen LogP contribution in [0.4, 0.5) is 11.4 Å². The van der Waals surface area contributed by atoms with Crippen LogP contribution >= 0.6 is 0 Å². The molecular formula is C17H26N4O. The highest BCUT2D eigenvalue weighted by molar-refractivity contribution is 5.94. The molecule has 1 saturated heterocycles. The van der Waals surface area contributed by atoms with Crippen molar-refractivity contribution in [3.05, 3.63) is 18.2 Å². The van der Waals surface area contributed by atoms with E-state index in [4.69, 9.17) is 10.5 Å². The Morgan fingerprint density at radius 2 is 2.05 bits per heavy atom. The molecule has 2 aliphatic heterocycles. The van der Waals surface area contributed by atoms with E-state index in [9.17, 15) is 0 Å². The SMILES string of the molecule is COc1ccc2c(c1)N(CCN1CCC(N)CC1)CC(C)=N2. The lowest BCUT2D eigenvalue weighted by molar-refractivity contribution is 0.217. The number of ether oxygens (including phenoxy) is 1. The summed E-state index contributed by atoms with van der Waals surface area (Å²) in [4.78, 5) is 9.60. The van der Waals surface area contributed by atoms with Crippen LogP contribution in [0.2, 0.25) is 0 Å². The maximum atomic E-state index is 5.98. The van der Waals surface area contributed by atoms with Crippen LogP contribution in [0, 0.1) is 0 Å². The average molecular weight is 302 g/mol. The van der Waals surface area contributed by atoms with Crippen molar-refractivity contribution in [2.75, 3.05) is 44.7 Å². The summed E-state index contributed by atoms with van der Waals surface area (Å²) in [5.41, 5.74) is 9.37. The van der Waals surface area contributed by atoms with Crippen molar-refractivity contribution in [1.29, 1.82) is 0 Å². The Bertz CT molecular complexity index is 550. The van der Waals surface area contributed by atoms with E-state index >= 15 is 0 Å². The number of benzene rings is 1. The van der Waals surface area contributed by atoms with E-state index in [1.165, 1.54) is 11.4 Å². The summed E-state index contributed by atoms with van der Waals surface area (Å²) in [7, 11) is 1.71. The summed E-state index contributed by atoms with van der Waals surface area (Å²) in [6.07, 6.45) is 2.23. The zero-order valence-electron chi connectivity index (χ0n) is 13.6. The predicted octanol–water partition coefficient (Wildman–Crippen LogP) is 2.03. The number of nitrogens with two attached hydrogens (primary N) is 1. The second-order valence-corrected chi connectivity index (χ2v) is 6.30. The molecule has 0 saturated carbocycles. The number of hydrogen-bond acceptors (Lipinski definition) is 5. The zero-order valence-corrected chi connectivity index (χ0v) is 13.6.